The zero-order valence-corrected chi connectivity index (χ0v) is 15.6. The third kappa shape index (κ3) is 5.25. The molecule has 0 aliphatic carbocycles. The first-order valence-corrected chi connectivity index (χ1v) is 9.58. The van der Waals surface area contributed by atoms with E-state index in [0.717, 1.165) is 76.1 Å². The normalized spacial score (nSPS) is 15.3. The minimum atomic E-state index is 0.832. The minimum Gasteiger partial charge on any atom is -0.469 e. The molecular weight excluding hydrogens is 326 g/mol. The van der Waals surface area contributed by atoms with E-state index in [2.05, 4.69) is 33.1 Å². The molecule has 1 fully saturated rings. The molecule has 26 heavy (non-hydrogen) atoms. The van der Waals surface area contributed by atoms with Gasteiger partial charge >= 0.3 is 0 Å². The summed E-state index contributed by atoms with van der Waals surface area (Å²) < 4.78 is 5.42. The van der Waals surface area contributed by atoms with Crippen molar-refractivity contribution >= 4 is 11.8 Å². The van der Waals surface area contributed by atoms with Crippen molar-refractivity contribution in [3.8, 4) is 0 Å². The van der Waals surface area contributed by atoms with Gasteiger partial charge in [-0.2, -0.15) is 0 Å². The standard InChI is InChI=1S/C20H29N5O/c1-2-3-10-22-20(23-12-9-18-7-6-17-26-18)25-15-13-24(14-16-25)19-8-4-5-11-21-19/h4-8,11,17H,2-3,9-10,12-16H2,1H3,(H,22,23). The topological polar surface area (TPSA) is 56.9 Å². The fourth-order valence-corrected chi connectivity index (χ4v) is 3.05. The Labute approximate surface area is 155 Å². The molecule has 0 saturated carbocycles. The first kappa shape index (κ1) is 18.3. The summed E-state index contributed by atoms with van der Waals surface area (Å²) in [5, 5.41) is 3.52. The fourth-order valence-electron chi connectivity index (χ4n) is 3.05. The van der Waals surface area contributed by atoms with Crippen molar-refractivity contribution < 1.29 is 4.42 Å². The lowest BCUT2D eigenvalue weighted by atomic mass is 10.3. The third-order valence-corrected chi connectivity index (χ3v) is 4.56. The van der Waals surface area contributed by atoms with Gasteiger partial charge in [-0.1, -0.05) is 19.4 Å². The Morgan fingerprint density at radius 1 is 1.19 bits per heavy atom. The van der Waals surface area contributed by atoms with Gasteiger partial charge in [0.15, 0.2) is 5.96 Å². The van der Waals surface area contributed by atoms with Gasteiger partial charge in [0.25, 0.3) is 0 Å². The van der Waals surface area contributed by atoms with Gasteiger partial charge in [-0.05, 0) is 30.7 Å². The molecule has 140 valence electrons. The van der Waals surface area contributed by atoms with Crippen LogP contribution in [0.15, 0.2) is 52.2 Å². The fraction of sp³-hybridized carbons (Fsp3) is 0.500. The van der Waals surface area contributed by atoms with Crippen molar-refractivity contribution in [1.82, 2.24) is 15.2 Å². The quantitative estimate of drug-likeness (QED) is 0.470. The number of unbranched alkanes of at least 4 members (excludes halogenated alkanes) is 1. The lowest BCUT2D eigenvalue weighted by Gasteiger charge is -2.37. The second-order valence-electron chi connectivity index (χ2n) is 6.48. The maximum atomic E-state index is 5.42. The summed E-state index contributed by atoms with van der Waals surface area (Å²) in [7, 11) is 0. The van der Waals surface area contributed by atoms with E-state index in [0.29, 0.717) is 0 Å². The summed E-state index contributed by atoms with van der Waals surface area (Å²) in [4.78, 5) is 14.0. The van der Waals surface area contributed by atoms with E-state index in [9.17, 15) is 0 Å². The summed E-state index contributed by atoms with van der Waals surface area (Å²) in [6, 6.07) is 10.0. The van der Waals surface area contributed by atoms with E-state index in [1.807, 2.05) is 30.5 Å². The van der Waals surface area contributed by atoms with Crippen molar-refractivity contribution in [2.24, 2.45) is 4.99 Å². The Balaban J connectivity index is 1.53. The number of aliphatic imine (C=N–C) groups is 1. The van der Waals surface area contributed by atoms with Crippen LogP contribution in [-0.2, 0) is 6.42 Å². The van der Waals surface area contributed by atoms with Crippen molar-refractivity contribution in [2.75, 3.05) is 44.2 Å². The van der Waals surface area contributed by atoms with E-state index in [1.165, 1.54) is 0 Å². The van der Waals surface area contributed by atoms with Crippen molar-refractivity contribution in [3.05, 3.63) is 48.6 Å². The molecule has 6 nitrogen and oxygen atoms in total. The van der Waals surface area contributed by atoms with E-state index >= 15 is 0 Å². The van der Waals surface area contributed by atoms with Crippen LogP contribution < -0.4 is 10.2 Å². The van der Waals surface area contributed by atoms with Gasteiger partial charge in [-0.15, -0.1) is 0 Å². The van der Waals surface area contributed by atoms with Crippen LogP contribution in [0.2, 0.25) is 0 Å². The molecule has 3 rings (SSSR count). The van der Waals surface area contributed by atoms with Gasteiger partial charge < -0.3 is 19.5 Å². The number of pyridine rings is 1. The predicted molar refractivity (Wildman–Crippen MR) is 106 cm³/mol. The highest BCUT2D eigenvalue weighted by atomic mass is 16.3. The van der Waals surface area contributed by atoms with Gasteiger partial charge in [0, 0.05) is 51.9 Å². The molecule has 2 aromatic rings. The van der Waals surface area contributed by atoms with Crippen molar-refractivity contribution in [1.29, 1.82) is 0 Å². The molecule has 1 aliphatic heterocycles. The molecule has 1 saturated heterocycles. The monoisotopic (exact) mass is 355 g/mol. The van der Waals surface area contributed by atoms with Crippen LogP contribution in [0.4, 0.5) is 5.82 Å². The maximum Gasteiger partial charge on any atom is 0.194 e. The van der Waals surface area contributed by atoms with E-state index < -0.39 is 0 Å². The van der Waals surface area contributed by atoms with Crippen LogP contribution in [0.25, 0.3) is 0 Å². The number of hydrogen-bond acceptors (Lipinski definition) is 4. The Bertz CT molecular complexity index is 648. The Morgan fingerprint density at radius 3 is 2.77 bits per heavy atom. The number of nitrogens with zero attached hydrogens (tertiary/aromatic N) is 4. The van der Waals surface area contributed by atoms with Crippen LogP contribution in [0.5, 0.6) is 0 Å². The number of aromatic nitrogens is 1. The van der Waals surface area contributed by atoms with Crippen LogP contribution in [0.3, 0.4) is 0 Å². The Morgan fingerprint density at radius 2 is 2.08 bits per heavy atom. The molecule has 0 spiro atoms. The first-order valence-electron chi connectivity index (χ1n) is 9.58. The number of hydrogen-bond donors (Lipinski definition) is 1. The SMILES string of the molecule is CCCCN=C(NCCc1ccco1)N1CCN(c2ccccn2)CC1. The highest BCUT2D eigenvalue weighted by Crippen LogP contribution is 2.12. The zero-order valence-electron chi connectivity index (χ0n) is 15.6. The van der Waals surface area contributed by atoms with Crippen LogP contribution in [0.1, 0.15) is 25.5 Å². The molecule has 1 aliphatic rings. The van der Waals surface area contributed by atoms with Crippen molar-refractivity contribution in [3.63, 3.8) is 0 Å². The molecule has 0 unspecified atom stereocenters. The highest BCUT2D eigenvalue weighted by Gasteiger charge is 2.20. The van der Waals surface area contributed by atoms with E-state index in [4.69, 9.17) is 9.41 Å². The molecule has 3 heterocycles. The molecule has 6 heteroatoms. The summed E-state index contributed by atoms with van der Waals surface area (Å²) in [5.74, 6) is 3.08. The number of nitrogens with one attached hydrogen (secondary N) is 1. The summed E-state index contributed by atoms with van der Waals surface area (Å²) in [6.07, 6.45) is 6.74. The lowest BCUT2D eigenvalue weighted by molar-refractivity contribution is 0.370. The predicted octanol–water partition coefficient (Wildman–Crippen LogP) is 2.79. The largest absolute Gasteiger partial charge is 0.469 e. The number of furan rings is 1. The highest BCUT2D eigenvalue weighted by molar-refractivity contribution is 5.80. The molecule has 0 radical (unpaired) electrons. The summed E-state index contributed by atoms with van der Waals surface area (Å²) in [5.41, 5.74) is 0. The average Bonchev–Trinajstić information content (AvgIpc) is 3.21. The molecule has 0 aromatic carbocycles. The van der Waals surface area contributed by atoms with Crippen LogP contribution >= 0.6 is 0 Å². The summed E-state index contributed by atoms with van der Waals surface area (Å²) in [6.45, 7) is 7.74. The lowest BCUT2D eigenvalue weighted by Crippen LogP contribution is -2.53. The minimum absolute atomic E-state index is 0.832. The zero-order chi connectivity index (χ0) is 18.0. The first-order chi connectivity index (χ1) is 12.9. The van der Waals surface area contributed by atoms with Gasteiger partial charge in [0.05, 0.1) is 6.26 Å². The molecule has 0 bridgehead atoms. The van der Waals surface area contributed by atoms with Gasteiger partial charge in [-0.3, -0.25) is 4.99 Å². The number of rotatable bonds is 7. The molecular formula is C20H29N5O. The average molecular weight is 355 g/mol. The maximum absolute atomic E-state index is 5.42. The van der Waals surface area contributed by atoms with Gasteiger partial charge in [0.1, 0.15) is 11.6 Å². The number of anilines is 1. The smallest absolute Gasteiger partial charge is 0.194 e. The van der Waals surface area contributed by atoms with Crippen LogP contribution in [-0.4, -0.2) is 55.1 Å². The van der Waals surface area contributed by atoms with E-state index in [1.54, 1.807) is 6.26 Å². The molecule has 0 atom stereocenters. The number of piperazine rings is 1. The summed E-state index contributed by atoms with van der Waals surface area (Å²) >= 11 is 0. The van der Waals surface area contributed by atoms with Crippen molar-refractivity contribution in [2.45, 2.75) is 26.2 Å². The van der Waals surface area contributed by atoms with Crippen LogP contribution in [0, 0.1) is 0 Å². The second kappa shape index (κ2) is 9.85. The molecule has 0 amide bonds. The number of guanidine groups is 1. The Kier molecular flexibility index (Phi) is 6.93. The second-order valence-corrected chi connectivity index (χ2v) is 6.48. The molecule has 2 aromatic heterocycles. The molecule has 1 N–H and O–H groups in total. The Hall–Kier alpha value is -2.50. The van der Waals surface area contributed by atoms with E-state index in [-0.39, 0.29) is 0 Å². The van der Waals surface area contributed by atoms with Gasteiger partial charge in [0.2, 0.25) is 0 Å². The third-order valence-electron chi connectivity index (χ3n) is 4.56. The van der Waals surface area contributed by atoms with Gasteiger partial charge in [-0.25, -0.2) is 4.98 Å².